The van der Waals surface area contributed by atoms with Crippen molar-refractivity contribution >= 4 is 33.4 Å². The summed E-state index contributed by atoms with van der Waals surface area (Å²) >= 11 is 1.32. The molecule has 130 valence electrons. The average Bonchev–Trinajstić information content (AvgIpc) is 2.94. The standard InChI is InChI=1S/C14H19N5O3S2/c1-4-19-13(16-17-14(19)23-9-12(20)15-2)10-5-7-11(8-6-10)18-24(3,21)22/h5-8,18H,4,9H2,1-3H3,(H,15,20). The van der Waals surface area contributed by atoms with Gasteiger partial charge in [-0.25, -0.2) is 8.42 Å². The van der Waals surface area contributed by atoms with Gasteiger partial charge in [0.2, 0.25) is 15.9 Å². The van der Waals surface area contributed by atoms with Crippen LogP contribution in [0.25, 0.3) is 11.4 Å². The van der Waals surface area contributed by atoms with Gasteiger partial charge in [-0.1, -0.05) is 11.8 Å². The maximum Gasteiger partial charge on any atom is 0.230 e. The van der Waals surface area contributed by atoms with Crippen molar-refractivity contribution < 1.29 is 13.2 Å². The van der Waals surface area contributed by atoms with Gasteiger partial charge < -0.3 is 9.88 Å². The van der Waals surface area contributed by atoms with Crippen LogP contribution in [-0.4, -0.2) is 48.1 Å². The number of thioether (sulfide) groups is 1. The molecular formula is C14H19N5O3S2. The van der Waals surface area contributed by atoms with Crippen molar-refractivity contribution in [2.75, 3.05) is 23.8 Å². The topological polar surface area (TPSA) is 106 Å². The lowest BCUT2D eigenvalue weighted by Crippen LogP contribution is -2.20. The van der Waals surface area contributed by atoms with Crippen LogP contribution in [0.15, 0.2) is 29.4 Å². The fraction of sp³-hybridized carbons (Fsp3) is 0.357. The Morgan fingerprint density at radius 1 is 1.25 bits per heavy atom. The molecule has 0 atom stereocenters. The summed E-state index contributed by atoms with van der Waals surface area (Å²) in [5.41, 5.74) is 1.30. The summed E-state index contributed by atoms with van der Waals surface area (Å²) in [6.07, 6.45) is 1.10. The lowest BCUT2D eigenvalue weighted by atomic mass is 10.2. The second-order valence-electron chi connectivity index (χ2n) is 4.96. The minimum absolute atomic E-state index is 0.0802. The molecule has 0 saturated heterocycles. The number of hydrogen-bond acceptors (Lipinski definition) is 6. The zero-order valence-electron chi connectivity index (χ0n) is 13.6. The fourth-order valence-corrected chi connectivity index (χ4v) is 3.44. The molecule has 0 unspecified atom stereocenters. The van der Waals surface area contributed by atoms with E-state index in [1.165, 1.54) is 11.8 Å². The van der Waals surface area contributed by atoms with E-state index in [2.05, 4.69) is 20.2 Å². The molecule has 2 aromatic rings. The average molecular weight is 369 g/mol. The van der Waals surface area contributed by atoms with Crippen molar-refractivity contribution in [3.63, 3.8) is 0 Å². The predicted molar refractivity (Wildman–Crippen MR) is 94.4 cm³/mol. The van der Waals surface area contributed by atoms with Gasteiger partial charge in [-0.2, -0.15) is 0 Å². The van der Waals surface area contributed by atoms with E-state index in [9.17, 15) is 13.2 Å². The zero-order chi connectivity index (χ0) is 17.7. The summed E-state index contributed by atoms with van der Waals surface area (Å²) in [5.74, 6) is 0.859. The second kappa shape index (κ2) is 7.67. The molecule has 0 bridgehead atoms. The first-order valence-electron chi connectivity index (χ1n) is 7.19. The van der Waals surface area contributed by atoms with Crippen LogP contribution in [0.4, 0.5) is 5.69 Å². The maximum absolute atomic E-state index is 11.4. The Morgan fingerprint density at radius 3 is 2.46 bits per heavy atom. The van der Waals surface area contributed by atoms with E-state index in [-0.39, 0.29) is 11.7 Å². The molecule has 0 radical (unpaired) electrons. The van der Waals surface area contributed by atoms with Gasteiger partial charge in [0.15, 0.2) is 11.0 Å². The van der Waals surface area contributed by atoms with E-state index in [1.54, 1.807) is 31.3 Å². The third-order valence-electron chi connectivity index (χ3n) is 3.09. The van der Waals surface area contributed by atoms with Crippen LogP contribution < -0.4 is 10.0 Å². The molecule has 0 aliphatic carbocycles. The van der Waals surface area contributed by atoms with Crippen molar-refractivity contribution in [2.24, 2.45) is 0 Å². The Kier molecular flexibility index (Phi) is 5.84. The molecule has 1 heterocycles. The molecule has 2 N–H and O–H groups in total. The fourth-order valence-electron chi connectivity index (χ4n) is 2.00. The van der Waals surface area contributed by atoms with Gasteiger partial charge in [-0.3, -0.25) is 9.52 Å². The Balaban J connectivity index is 2.22. The first-order chi connectivity index (χ1) is 11.3. The van der Waals surface area contributed by atoms with E-state index in [0.717, 1.165) is 11.8 Å². The first-order valence-corrected chi connectivity index (χ1v) is 10.1. The number of hydrogen-bond donors (Lipinski definition) is 2. The lowest BCUT2D eigenvalue weighted by Gasteiger charge is -2.08. The second-order valence-corrected chi connectivity index (χ2v) is 7.65. The molecule has 1 amide bonds. The quantitative estimate of drug-likeness (QED) is 0.710. The zero-order valence-corrected chi connectivity index (χ0v) is 15.2. The Bertz CT molecular complexity index is 815. The van der Waals surface area contributed by atoms with E-state index in [1.807, 2.05) is 11.5 Å². The smallest absolute Gasteiger partial charge is 0.230 e. The van der Waals surface area contributed by atoms with Crippen LogP contribution in [0.5, 0.6) is 0 Å². The molecule has 0 saturated carbocycles. The highest BCUT2D eigenvalue weighted by Gasteiger charge is 2.14. The molecule has 0 aliphatic rings. The number of sulfonamides is 1. The van der Waals surface area contributed by atoms with Crippen molar-refractivity contribution in [1.82, 2.24) is 20.1 Å². The highest BCUT2D eigenvalue weighted by molar-refractivity contribution is 7.99. The monoisotopic (exact) mass is 369 g/mol. The molecule has 10 heteroatoms. The van der Waals surface area contributed by atoms with Crippen LogP contribution in [0.2, 0.25) is 0 Å². The molecule has 0 aliphatic heterocycles. The molecule has 24 heavy (non-hydrogen) atoms. The molecule has 0 fully saturated rings. The van der Waals surface area contributed by atoms with Gasteiger partial charge in [-0.05, 0) is 31.2 Å². The summed E-state index contributed by atoms with van der Waals surface area (Å²) in [6, 6.07) is 6.89. The largest absolute Gasteiger partial charge is 0.358 e. The SMILES string of the molecule is CCn1c(SCC(=O)NC)nnc1-c1ccc(NS(C)(=O)=O)cc1. The number of carbonyl (C=O) groups is 1. The predicted octanol–water partition coefficient (Wildman–Crippen LogP) is 1.17. The third kappa shape index (κ3) is 4.71. The van der Waals surface area contributed by atoms with Gasteiger partial charge in [0, 0.05) is 24.8 Å². The Labute approximate surface area is 145 Å². The highest BCUT2D eigenvalue weighted by atomic mass is 32.2. The summed E-state index contributed by atoms with van der Waals surface area (Å²) in [5, 5.41) is 11.5. The van der Waals surface area contributed by atoms with E-state index in [4.69, 9.17) is 0 Å². The number of benzene rings is 1. The van der Waals surface area contributed by atoms with Gasteiger partial charge >= 0.3 is 0 Å². The molecule has 2 rings (SSSR count). The summed E-state index contributed by atoms with van der Waals surface area (Å²) < 4.78 is 26.8. The number of anilines is 1. The van der Waals surface area contributed by atoms with Crippen LogP contribution in [-0.2, 0) is 21.4 Å². The molecule has 0 spiro atoms. The number of nitrogens with zero attached hydrogens (tertiary/aromatic N) is 3. The van der Waals surface area contributed by atoms with Gasteiger partial charge in [0.1, 0.15) is 0 Å². The molecule has 8 nitrogen and oxygen atoms in total. The van der Waals surface area contributed by atoms with Crippen molar-refractivity contribution in [3.05, 3.63) is 24.3 Å². The molecular weight excluding hydrogens is 350 g/mol. The van der Waals surface area contributed by atoms with Crippen molar-refractivity contribution in [1.29, 1.82) is 0 Å². The normalized spacial score (nSPS) is 11.3. The summed E-state index contributed by atoms with van der Waals surface area (Å²) in [6.45, 7) is 2.62. The minimum atomic E-state index is -3.31. The van der Waals surface area contributed by atoms with Gasteiger partial charge in [0.25, 0.3) is 0 Å². The van der Waals surface area contributed by atoms with Crippen molar-refractivity contribution in [3.8, 4) is 11.4 Å². The van der Waals surface area contributed by atoms with Crippen molar-refractivity contribution in [2.45, 2.75) is 18.6 Å². The molecule has 1 aromatic heterocycles. The maximum atomic E-state index is 11.4. The van der Waals surface area contributed by atoms with Crippen LogP contribution >= 0.6 is 11.8 Å². The van der Waals surface area contributed by atoms with Gasteiger partial charge in [-0.15, -0.1) is 10.2 Å². The lowest BCUT2D eigenvalue weighted by molar-refractivity contribution is -0.118. The number of carbonyl (C=O) groups excluding carboxylic acids is 1. The number of aromatic nitrogens is 3. The Morgan fingerprint density at radius 2 is 1.92 bits per heavy atom. The van der Waals surface area contributed by atoms with Crippen LogP contribution in [0, 0.1) is 0 Å². The van der Waals surface area contributed by atoms with E-state index in [0.29, 0.717) is 23.2 Å². The van der Waals surface area contributed by atoms with E-state index >= 15 is 0 Å². The minimum Gasteiger partial charge on any atom is -0.358 e. The molecule has 1 aromatic carbocycles. The number of amides is 1. The van der Waals surface area contributed by atoms with Crippen LogP contribution in [0.1, 0.15) is 6.92 Å². The number of rotatable bonds is 7. The highest BCUT2D eigenvalue weighted by Crippen LogP contribution is 2.25. The number of nitrogens with one attached hydrogen (secondary N) is 2. The third-order valence-corrected chi connectivity index (χ3v) is 4.66. The first kappa shape index (κ1) is 18.3. The van der Waals surface area contributed by atoms with Gasteiger partial charge in [0.05, 0.1) is 12.0 Å². The summed E-state index contributed by atoms with van der Waals surface area (Å²) in [7, 11) is -1.72. The van der Waals surface area contributed by atoms with E-state index < -0.39 is 10.0 Å². The summed E-state index contributed by atoms with van der Waals surface area (Å²) in [4.78, 5) is 11.4. The Hall–Kier alpha value is -2.07. The van der Waals surface area contributed by atoms with Crippen LogP contribution in [0.3, 0.4) is 0 Å².